The first-order chi connectivity index (χ1) is 13.5. The first-order valence-electron chi connectivity index (χ1n) is 9.49. The number of benzene rings is 1. The van der Waals surface area contributed by atoms with Crippen LogP contribution in [0.3, 0.4) is 0 Å². The van der Waals surface area contributed by atoms with Crippen LogP contribution in [-0.4, -0.2) is 39.2 Å². The molecule has 2 unspecified atom stereocenters. The first kappa shape index (κ1) is 19.2. The van der Waals surface area contributed by atoms with Crippen LogP contribution in [0.25, 0.3) is 15.9 Å². The maximum atomic E-state index is 13.1. The van der Waals surface area contributed by atoms with Gasteiger partial charge in [-0.2, -0.15) is 0 Å². The molecule has 0 spiro atoms. The van der Waals surface area contributed by atoms with Crippen molar-refractivity contribution in [1.29, 1.82) is 0 Å². The summed E-state index contributed by atoms with van der Waals surface area (Å²) >= 11 is 2.74. The fourth-order valence-corrected chi connectivity index (χ4v) is 5.55. The highest BCUT2D eigenvalue weighted by molar-refractivity contribution is 7.99. The molecule has 146 valence electrons. The van der Waals surface area contributed by atoms with Crippen molar-refractivity contribution in [2.24, 2.45) is 11.8 Å². The van der Waals surface area contributed by atoms with E-state index in [1.807, 2.05) is 46.7 Å². The second-order valence-corrected chi connectivity index (χ2v) is 9.40. The van der Waals surface area contributed by atoms with Gasteiger partial charge in [-0.3, -0.25) is 14.2 Å². The number of piperidine rings is 1. The SMILES string of the molecule is CC1CC(C)CN(C(=O)CSc2nc3ccsc3c(=O)n2-c2ccccc2)C1. The predicted molar refractivity (Wildman–Crippen MR) is 115 cm³/mol. The Morgan fingerprint density at radius 3 is 2.61 bits per heavy atom. The Bertz CT molecular complexity index is 1030. The zero-order valence-electron chi connectivity index (χ0n) is 16.0. The quantitative estimate of drug-likeness (QED) is 0.478. The van der Waals surface area contributed by atoms with Gasteiger partial charge in [0, 0.05) is 13.1 Å². The van der Waals surface area contributed by atoms with E-state index in [4.69, 9.17) is 0 Å². The molecular weight excluding hydrogens is 390 g/mol. The molecule has 1 saturated heterocycles. The lowest BCUT2D eigenvalue weighted by Crippen LogP contribution is -2.43. The maximum absolute atomic E-state index is 13.1. The van der Waals surface area contributed by atoms with Crippen LogP contribution in [0.4, 0.5) is 0 Å². The van der Waals surface area contributed by atoms with Crippen LogP contribution >= 0.6 is 23.1 Å². The zero-order chi connectivity index (χ0) is 19.7. The number of amides is 1. The third kappa shape index (κ3) is 3.86. The summed E-state index contributed by atoms with van der Waals surface area (Å²) < 4.78 is 2.26. The van der Waals surface area contributed by atoms with Crippen molar-refractivity contribution in [3.05, 3.63) is 52.1 Å². The van der Waals surface area contributed by atoms with Crippen molar-refractivity contribution in [2.45, 2.75) is 25.4 Å². The van der Waals surface area contributed by atoms with Crippen molar-refractivity contribution in [2.75, 3.05) is 18.8 Å². The number of carbonyl (C=O) groups is 1. The number of rotatable bonds is 4. The Balaban J connectivity index is 1.63. The number of nitrogens with zero attached hydrogens (tertiary/aromatic N) is 3. The van der Waals surface area contributed by atoms with E-state index in [0.717, 1.165) is 18.8 Å². The molecular formula is C21H23N3O2S2. The van der Waals surface area contributed by atoms with Crippen LogP contribution in [0.2, 0.25) is 0 Å². The lowest BCUT2D eigenvalue weighted by Gasteiger charge is -2.35. The Kier molecular flexibility index (Phi) is 5.55. The summed E-state index contributed by atoms with van der Waals surface area (Å²) in [5.74, 6) is 1.46. The van der Waals surface area contributed by atoms with Crippen molar-refractivity contribution in [3.8, 4) is 5.69 Å². The molecule has 0 saturated carbocycles. The second-order valence-electron chi connectivity index (χ2n) is 7.54. The standard InChI is InChI=1S/C21H23N3O2S2/c1-14-10-15(2)12-23(11-14)18(25)13-28-21-22-17-8-9-27-19(17)20(26)24(21)16-6-4-3-5-7-16/h3-9,14-15H,10-13H2,1-2H3. The van der Waals surface area contributed by atoms with Gasteiger partial charge in [-0.05, 0) is 41.8 Å². The van der Waals surface area contributed by atoms with E-state index in [1.54, 1.807) is 4.57 Å². The van der Waals surface area contributed by atoms with E-state index < -0.39 is 0 Å². The van der Waals surface area contributed by atoms with Crippen LogP contribution in [0.5, 0.6) is 0 Å². The maximum Gasteiger partial charge on any atom is 0.276 e. The molecule has 0 aliphatic carbocycles. The molecule has 1 aliphatic rings. The van der Waals surface area contributed by atoms with Gasteiger partial charge in [-0.1, -0.05) is 43.8 Å². The number of hydrogen-bond acceptors (Lipinski definition) is 5. The Morgan fingerprint density at radius 2 is 1.89 bits per heavy atom. The number of likely N-dealkylation sites (tertiary alicyclic amines) is 1. The van der Waals surface area contributed by atoms with Crippen molar-refractivity contribution in [1.82, 2.24) is 14.5 Å². The van der Waals surface area contributed by atoms with Crippen molar-refractivity contribution < 1.29 is 4.79 Å². The smallest absolute Gasteiger partial charge is 0.276 e. The first-order valence-corrected chi connectivity index (χ1v) is 11.4. The van der Waals surface area contributed by atoms with Gasteiger partial charge in [0.25, 0.3) is 5.56 Å². The molecule has 28 heavy (non-hydrogen) atoms. The average molecular weight is 414 g/mol. The van der Waals surface area contributed by atoms with Gasteiger partial charge in [0.15, 0.2) is 5.16 Å². The molecule has 4 rings (SSSR count). The van der Waals surface area contributed by atoms with E-state index in [2.05, 4.69) is 18.8 Å². The zero-order valence-corrected chi connectivity index (χ0v) is 17.6. The fourth-order valence-electron chi connectivity index (χ4n) is 3.88. The predicted octanol–water partition coefficient (Wildman–Crippen LogP) is 4.04. The molecule has 1 aliphatic heterocycles. The molecule has 1 aromatic carbocycles. The highest BCUT2D eigenvalue weighted by Crippen LogP contribution is 2.25. The summed E-state index contributed by atoms with van der Waals surface area (Å²) in [6.45, 7) is 6.02. The minimum Gasteiger partial charge on any atom is -0.341 e. The summed E-state index contributed by atoms with van der Waals surface area (Å²) in [7, 11) is 0. The molecule has 5 nitrogen and oxygen atoms in total. The minimum absolute atomic E-state index is 0.0821. The highest BCUT2D eigenvalue weighted by atomic mass is 32.2. The van der Waals surface area contributed by atoms with Gasteiger partial charge < -0.3 is 4.90 Å². The third-order valence-electron chi connectivity index (χ3n) is 5.01. The van der Waals surface area contributed by atoms with Gasteiger partial charge in [-0.25, -0.2) is 4.98 Å². The Morgan fingerprint density at radius 1 is 1.18 bits per heavy atom. The van der Waals surface area contributed by atoms with Gasteiger partial charge in [0.2, 0.25) is 5.91 Å². The van der Waals surface area contributed by atoms with Crippen LogP contribution in [0.1, 0.15) is 20.3 Å². The van der Waals surface area contributed by atoms with Crippen molar-refractivity contribution >= 4 is 39.2 Å². The number of thioether (sulfide) groups is 1. The largest absolute Gasteiger partial charge is 0.341 e. The summed E-state index contributed by atoms with van der Waals surface area (Å²) in [5, 5.41) is 2.44. The molecule has 2 aromatic heterocycles. The molecule has 2 atom stereocenters. The lowest BCUT2D eigenvalue weighted by atomic mass is 9.92. The number of carbonyl (C=O) groups excluding carboxylic acids is 1. The highest BCUT2D eigenvalue weighted by Gasteiger charge is 2.26. The molecule has 7 heteroatoms. The molecule has 0 radical (unpaired) electrons. The molecule has 0 bridgehead atoms. The molecule has 1 fully saturated rings. The number of fused-ring (bicyclic) bond motifs is 1. The molecule has 3 heterocycles. The van der Waals surface area contributed by atoms with Crippen LogP contribution in [-0.2, 0) is 4.79 Å². The van der Waals surface area contributed by atoms with Crippen molar-refractivity contribution in [3.63, 3.8) is 0 Å². The molecule has 0 N–H and O–H groups in total. The van der Waals surface area contributed by atoms with Crippen LogP contribution in [0, 0.1) is 11.8 Å². The summed E-state index contributed by atoms with van der Waals surface area (Å²) in [6, 6.07) is 11.4. The normalized spacial score (nSPS) is 19.9. The van der Waals surface area contributed by atoms with Gasteiger partial charge in [0.05, 0.1) is 17.0 Å². The summed E-state index contributed by atoms with van der Waals surface area (Å²) in [4.78, 5) is 32.5. The topological polar surface area (TPSA) is 55.2 Å². The Hall–Kier alpha value is -2.12. The lowest BCUT2D eigenvalue weighted by molar-refractivity contribution is -0.130. The van der Waals surface area contributed by atoms with Crippen LogP contribution < -0.4 is 5.56 Å². The monoisotopic (exact) mass is 413 g/mol. The van der Waals surface area contributed by atoms with E-state index in [1.165, 1.54) is 29.5 Å². The van der Waals surface area contributed by atoms with E-state index >= 15 is 0 Å². The third-order valence-corrected chi connectivity index (χ3v) is 6.82. The van der Waals surface area contributed by atoms with Gasteiger partial charge in [0.1, 0.15) is 4.70 Å². The Labute approximate surface area is 172 Å². The number of hydrogen-bond donors (Lipinski definition) is 0. The van der Waals surface area contributed by atoms with E-state index in [-0.39, 0.29) is 17.2 Å². The molecule has 1 amide bonds. The van der Waals surface area contributed by atoms with Gasteiger partial charge >= 0.3 is 0 Å². The van der Waals surface area contributed by atoms with E-state index in [9.17, 15) is 9.59 Å². The minimum atomic E-state index is -0.0821. The van der Waals surface area contributed by atoms with Gasteiger partial charge in [-0.15, -0.1) is 11.3 Å². The fraction of sp³-hybridized carbons (Fsp3) is 0.381. The number of aromatic nitrogens is 2. The molecule has 3 aromatic rings. The number of para-hydroxylation sites is 1. The van der Waals surface area contributed by atoms with Crippen LogP contribution in [0.15, 0.2) is 51.7 Å². The summed E-state index contributed by atoms with van der Waals surface area (Å²) in [5.41, 5.74) is 1.38. The van der Waals surface area contributed by atoms with E-state index in [0.29, 0.717) is 27.2 Å². The second kappa shape index (κ2) is 8.09. The number of thiophene rings is 1. The average Bonchev–Trinajstić information content (AvgIpc) is 3.15. The summed E-state index contributed by atoms with van der Waals surface area (Å²) in [6.07, 6.45) is 1.17.